The Kier molecular flexibility index (Phi) is 37.7. The lowest BCUT2D eigenvalue weighted by molar-refractivity contribution is -0.220. The van der Waals surface area contributed by atoms with E-state index in [4.69, 9.17) is 18.5 Å². The second-order valence-corrected chi connectivity index (χ2v) is 19.1. The lowest BCUT2D eigenvalue weighted by Gasteiger charge is -2.41. The van der Waals surface area contributed by atoms with E-state index in [2.05, 4.69) is 50.3 Å². The molecule has 64 heavy (non-hydrogen) atoms. The number of carbonyl (C=O) groups excluding carboxylic acids is 2. The standard InChI is InChI=1S/C50H91O13P/c1-3-5-7-9-11-13-15-17-19-21-23-25-27-29-31-33-35-37-39-44(52)62-42(41-61-64(58,59)63-50-48(56)46(54)45(53)47(55)49(50)57)40-60-43(51)38-36-34-32-30-28-26-24-22-20-18-16-14-12-10-8-6-4-2/h12,14,18,20,24,26,42,45-50,53-57H,3-11,13,15-17,19,21-23,25,27-41H2,1-2H3,(H,58,59)/b14-12-,20-18-,26-24-/t42-,45?,46-,47?,48?,49?,50?/m1/s1. The number of esters is 2. The van der Waals surface area contributed by atoms with Crippen molar-refractivity contribution in [1.29, 1.82) is 0 Å². The minimum atomic E-state index is -5.12. The van der Waals surface area contributed by atoms with Crippen molar-refractivity contribution in [3.63, 3.8) is 0 Å². The fraction of sp³-hybridized carbons (Fsp3) is 0.840. The molecule has 0 aromatic rings. The lowest BCUT2D eigenvalue weighted by Crippen LogP contribution is -2.64. The number of allylic oxidation sites excluding steroid dienone is 6. The van der Waals surface area contributed by atoms with Crippen molar-refractivity contribution < 1.29 is 63.1 Å². The van der Waals surface area contributed by atoms with Gasteiger partial charge in [0.25, 0.3) is 0 Å². The number of aliphatic hydroxyl groups is 5. The number of unbranched alkanes of at least 4 members (excludes halogenated alkanes) is 24. The Morgan fingerprint density at radius 2 is 0.844 bits per heavy atom. The molecule has 0 radical (unpaired) electrons. The smallest absolute Gasteiger partial charge is 0.462 e. The maximum atomic E-state index is 12.8. The van der Waals surface area contributed by atoms with Crippen LogP contribution in [0.3, 0.4) is 0 Å². The first-order valence-electron chi connectivity index (χ1n) is 25.3. The highest BCUT2D eigenvalue weighted by Crippen LogP contribution is 2.47. The average molecular weight is 931 g/mol. The molecule has 0 aromatic carbocycles. The fourth-order valence-corrected chi connectivity index (χ4v) is 8.62. The molecule has 13 nitrogen and oxygen atoms in total. The molecular formula is C50H91O13P. The van der Waals surface area contributed by atoms with Crippen molar-refractivity contribution in [2.24, 2.45) is 0 Å². The third-order valence-corrected chi connectivity index (χ3v) is 12.7. The number of hydrogen-bond acceptors (Lipinski definition) is 12. The molecule has 1 aliphatic carbocycles. The van der Waals surface area contributed by atoms with E-state index in [1.165, 1.54) is 103 Å². The van der Waals surface area contributed by atoms with E-state index in [0.29, 0.717) is 12.8 Å². The van der Waals surface area contributed by atoms with E-state index in [-0.39, 0.29) is 12.8 Å². The molecule has 0 saturated heterocycles. The molecule has 8 atom stereocenters. The largest absolute Gasteiger partial charge is 0.472 e. The van der Waals surface area contributed by atoms with Crippen LogP contribution in [0.25, 0.3) is 0 Å². The van der Waals surface area contributed by atoms with Crippen LogP contribution in [0.5, 0.6) is 0 Å². The minimum absolute atomic E-state index is 0.0950. The zero-order chi connectivity index (χ0) is 47.1. The number of phosphoric acid groups is 1. The van der Waals surface area contributed by atoms with Gasteiger partial charge >= 0.3 is 19.8 Å². The third kappa shape index (κ3) is 31.9. The molecule has 1 rings (SSSR count). The highest BCUT2D eigenvalue weighted by molar-refractivity contribution is 7.47. The molecule has 0 aromatic heterocycles. The van der Waals surface area contributed by atoms with Gasteiger partial charge in [0.05, 0.1) is 6.61 Å². The normalized spacial score (nSPS) is 21.8. The summed E-state index contributed by atoms with van der Waals surface area (Å²) in [4.78, 5) is 35.8. The number of carbonyl (C=O) groups is 2. The first kappa shape index (κ1) is 60.1. The highest BCUT2D eigenvalue weighted by Gasteiger charge is 2.51. The average Bonchev–Trinajstić information content (AvgIpc) is 3.28. The van der Waals surface area contributed by atoms with Gasteiger partial charge in [0.15, 0.2) is 6.10 Å². The van der Waals surface area contributed by atoms with Crippen LogP contribution in [0.2, 0.25) is 0 Å². The van der Waals surface area contributed by atoms with Crippen LogP contribution in [0.15, 0.2) is 36.5 Å². The van der Waals surface area contributed by atoms with Crippen LogP contribution in [0.1, 0.15) is 213 Å². The van der Waals surface area contributed by atoms with Crippen LogP contribution in [-0.2, 0) is 32.7 Å². The first-order chi connectivity index (χ1) is 30.9. The van der Waals surface area contributed by atoms with Gasteiger partial charge in [-0.2, -0.15) is 0 Å². The van der Waals surface area contributed by atoms with Gasteiger partial charge in [0, 0.05) is 12.8 Å². The zero-order valence-corrected chi connectivity index (χ0v) is 40.7. The quantitative estimate of drug-likeness (QED) is 0.0146. The molecule has 14 heteroatoms. The van der Waals surface area contributed by atoms with Gasteiger partial charge in [-0.1, -0.05) is 185 Å². The van der Waals surface area contributed by atoms with Crippen LogP contribution in [0.4, 0.5) is 0 Å². The van der Waals surface area contributed by atoms with E-state index in [9.17, 15) is 44.6 Å². The minimum Gasteiger partial charge on any atom is -0.462 e. The van der Waals surface area contributed by atoms with Crippen molar-refractivity contribution >= 4 is 19.8 Å². The highest BCUT2D eigenvalue weighted by atomic mass is 31.2. The van der Waals surface area contributed by atoms with Gasteiger partial charge in [0.1, 0.15) is 43.2 Å². The summed E-state index contributed by atoms with van der Waals surface area (Å²) in [6.45, 7) is 3.28. The fourth-order valence-electron chi connectivity index (χ4n) is 7.65. The van der Waals surface area contributed by atoms with Gasteiger partial charge < -0.3 is 39.9 Å². The molecule has 6 N–H and O–H groups in total. The molecule has 0 aliphatic heterocycles. The predicted octanol–water partition coefficient (Wildman–Crippen LogP) is 10.6. The molecule has 0 heterocycles. The van der Waals surface area contributed by atoms with Crippen molar-refractivity contribution in [3.05, 3.63) is 36.5 Å². The number of aliphatic hydroxyl groups excluding tert-OH is 5. The summed E-state index contributed by atoms with van der Waals surface area (Å²) < 4.78 is 33.6. The summed E-state index contributed by atoms with van der Waals surface area (Å²) in [5.74, 6) is -1.12. The summed E-state index contributed by atoms with van der Waals surface area (Å²) in [6.07, 6.45) is 33.3. The summed E-state index contributed by atoms with van der Waals surface area (Å²) in [7, 11) is -5.12. The van der Waals surface area contributed by atoms with E-state index < -0.39 is 75.7 Å². The Morgan fingerprint density at radius 1 is 0.484 bits per heavy atom. The summed E-state index contributed by atoms with van der Waals surface area (Å²) in [5.41, 5.74) is 0. The van der Waals surface area contributed by atoms with Gasteiger partial charge in [-0.15, -0.1) is 0 Å². The van der Waals surface area contributed by atoms with E-state index in [1.807, 2.05) is 0 Å². The zero-order valence-electron chi connectivity index (χ0n) is 39.8. The summed E-state index contributed by atoms with van der Waals surface area (Å²) in [6, 6.07) is 0. The molecule has 0 amide bonds. The molecule has 0 bridgehead atoms. The second kappa shape index (κ2) is 40.2. The Morgan fingerprint density at radius 3 is 1.31 bits per heavy atom. The lowest BCUT2D eigenvalue weighted by atomic mass is 9.85. The Bertz CT molecular complexity index is 1260. The van der Waals surface area contributed by atoms with E-state index in [1.54, 1.807) is 0 Å². The van der Waals surface area contributed by atoms with Gasteiger partial charge in [0.2, 0.25) is 0 Å². The van der Waals surface area contributed by atoms with Crippen molar-refractivity contribution in [3.8, 4) is 0 Å². The Hall–Kier alpha value is -1.93. The number of hydrogen-bond donors (Lipinski definition) is 6. The third-order valence-electron chi connectivity index (χ3n) is 11.7. The van der Waals surface area contributed by atoms with Crippen molar-refractivity contribution in [2.45, 2.75) is 256 Å². The monoisotopic (exact) mass is 931 g/mol. The maximum absolute atomic E-state index is 12.8. The summed E-state index contributed by atoms with van der Waals surface area (Å²) in [5, 5.41) is 50.2. The molecule has 0 spiro atoms. The van der Waals surface area contributed by atoms with Crippen molar-refractivity contribution in [1.82, 2.24) is 0 Å². The molecule has 1 fully saturated rings. The maximum Gasteiger partial charge on any atom is 0.472 e. The molecule has 1 aliphatic rings. The SMILES string of the molecule is CCCCC/C=C\C/C=C\C/C=C\CCCCCCC(=O)OC[C@H](COP(=O)(O)OC1C(O)C(O)C(O)[C@@H](O)C1O)OC(=O)CCCCCCCCCCCCCCCCCCCC. The molecular weight excluding hydrogens is 840 g/mol. The summed E-state index contributed by atoms with van der Waals surface area (Å²) >= 11 is 0. The second-order valence-electron chi connectivity index (χ2n) is 17.7. The van der Waals surface area contributed by atoms with E-state index >= 15 is 0 Å². The van der Waals surface area contributed by atoms with Crippen LogP contribution in [0, 0.1) is 0 Å². The van der Waals surface area contributed by atoms with Gasteiger partial charge in [-0.05, 0) is 51.4 Å². The molecule has 1 saturated carbocycles. The van der Waals surface area contributed by atoms with Gasteiger partial charge in [-0.3, -0.25) is 18.6 Å². The number of phosphoric ester groups is 1. The molecule has 6 unspecified atom stereocenters. The van der Waals surface area contributed by atoms with Crippen LogP contribution < -0.4 is 0 Å². The Labute approximate surface area is 387 Å². The van der Waals surface area contributed by atoms with E-state index in [0.717, 1.165) is 70.6 Å². The first-order valence-corrected chi connectivity index (χ1v) is 26.8. The topological polar surface area (TPSA) is 210 Å². The van der Waals surface area contributed by atoms with Crippen molar-refractivity contribution in [2.75, 3.05) is 13.2 Å². The Balaban J connectivity index is 2.42. The van der Waals surface area contributed by atoms with Crippen LogP contribution in [-0.4, -0.2) is 98.3 Å². The number of rotatable bonds is 42. The predicted molar refractivity (Wildman–Crippen MR) is 253 cm³/mol. The van der Waals surface area contributed by atoms with Gasteiger partial charge in [-0.25, -0.2) is 4.57 Å². The van der Waals surface area contributed by atoms with Crippen LogP contribution >= 0.6 is 7.82 Å². The number of ether oxygens (including phenoxy) is 2. The molecule has 374 valence electrons.